The minimum absolute atomic E-state index is 0.00332. The Labute approximate surface area is 724 Å². The second-order valence-electron chi connectivity index (χ2n) is 30.8. The molecule has 5 heterocycles. The lowest BCUT2D eigenvalue weighted by atomic mass is 9.92. The number of aliphatic hydroxyl groups is 4. The van der Waals surface area contributed by atoms with Crippen molar-refractivity contribution < 1.29 is 132 Å². The number of aromatic nitrogens is 2. The van der Waals surface area contributed by atoms with E-state index in [9.17, 15) is 128 Å². The molecule has 15 amide bonds. The van der Waals surface area contributed by atoms with E-state index in [-0.39, 0.29) is 198 Å². The number of fused-ring (bicyclic) bond motifs is 4. The number of amides is 15. The molecule has 48 nitrogen and oxygen atoms in total. The van der Waals surface area contributed by atoms with Crippen LogP contribution >= 0.6 is 0 Å². The molecule has 49 heteroatoms. The molecule has 3 aliphatic rings. The number of guanidine groups is 1. The minimum Gasteiger partial charge on any atom is -0.504 e. The van der Waals surface area contributed by atoms with E-state index in [1.54, 1.807) is 11.8 Å². The van der Waals surface area contributed by atoms with E-state index in [0.717, 1.165) is 32.0 Å². The van der Waals surface area contributed by atoms with E-state index < -0.39 is 216 Å². The van der Waals surface area contributed by atoms with Gasteiger partial charge >= 0.3 is 5.97 Å². The Bertz CT molecular complexity index is 4780. The number of phenolic OH excluding ortho intramolecular Hbond substituents is 2. The highest BCUT2D eigenvalue weighted by Gasteiger charge is 2.43. The van der Waals surface area contributed by atoms with E-state index in [1.165, 1.54) is 39.3 Å². The number of phenols is 2. The van der Waals surface area contributed by atoms with Crippen LogP contribution in [0, 0.1) is 11.2 Å². The molecule has 3 aliphatic heterocycles. The summed E-state index contributed by atoms with van der Waals surface area (Å²) in [5.74, 6) is -16.2. The molecular weight excluding hydrogens is 1680 g/mol. The molecule has 2 aromatic heterocycles. The van der Waals surface area contributed by atoms with Crippen molar-refractivity contribution >= 4 is 141 Å². The van der Waals surface area contributed by atoms with Gasteiger partial charge in [-0.1, -0.05) is 0 Å². The van der Waals surface area contributed by atoms with Gasteiger partial charge in [-0.15, -0.1) is 0 Å². The molecule has 2 saturated heterocycles. The number of anilines is 3. The van der Waals surface area contributed by atoms with Crippen LogP contribution in [-0.2, 0) is 78.5 Å². The molecular formula is C78H112FN22O26+. The van der Waals surface area contributed by atoms with Crippen molar-refractivity contribution in [1.29, 1.82) is 5.41 Å². The standard InChI is InChI=1S/C78H111FN22O26/c1-5-96-36-45(75(123)124)65(114)44-33-46(79)56(34-55(44)96)97-27-29-98(30-28-97)62(113)17-16-60(111)83-24-23-82-59(110)14-15-61(112)87-50-31-43-32-57(108)58(109)35-54(43)101-53(18-22-84-66(50)101)72(120)91-51(37-102)70(118)89-47(12-8-21-86-77(80)81)67(115)90-52(38-103)71(119)95-78(4,19-10-26-100(127)40-105)76(125)92-49-11-6-7-20-85-73(121)63(41(2)106)94-74(122)64(42(3)107)93-69(117)48(88-68(49)116)13-9-25-99(126)39-104/h31-36,39-42,47-49,51-53,63-64,102-103,106-107,126-127H,5-30,37-38H2,1-4H3,(H19,80,81,82,83,84,85,86,87,88,89,90,91,92,93,94,95,108,109,110,111,112,115,116,117,118,119,120,121,122,123,124,125)/p+1/t41?,42?,47-,48-,49-,51+,52+,53-,63+,64+,78-/m0/s1. The second kappa shape index (κ2) is 47.7. The maximum absolute atomic E-state index is 15.5. The molecule has 0 spiro atoms. The Kier molecular flexibility index (Phi) is 37.9. The number of carbonyl (C=O) groups is 16. The van der Waals surface area contributed by atoms with E-state index in [1.807, 2.05) is 0 Å². The van der Waals surface area contributed by atoms with Crippen LogP contribution in [0.5, 0.6) is 11.5 Å². The zero-order chi connectivity index (χ0) is 93.7. The monoisotopic (exact) mass is 1790 g/mol. The number of piperazine rings is 1. The minimum atomic E-state index is -2.25. The van der Waals surface area contributed by atoms with E-state index in [0.29, 0.717) is 12.1 Å². The quantitative estimate of drug-likeness (QED) is 0.00287. The van der Waals surface area contributed by atoms with Gasteiger partial charge in [-0.3, -0.25) is 97.9 Å². The maximum atomic E-state index is 15.5. The third-order valence-corrected chi connectivity index (χ3v) is 21.3. The lowest BCUT2D eigenvalue weighted by Crippen LogP contribution is -2.65. The molecule has 127 heavy (non-hydrogen) atoms. The summed E-state index contributed by atoms with van der Waals surface area (Å²) in [6.45, 7) is 2.62. The van der Waals surface area contributed by atoms with Gasteiger partial charge in [0.25, 0.3) is 11.7 Å². The van der Waals surface area contributed by atoms with Gasteiger partial charge in [0.15, 0.2) is 23.5 Å². The van der Waals surface area contributed by atoms with Crippen LogP contribution in [0.1, 0.15) is 134 Å². The Morgan fingerprint density at radius 3 is 1.91 bits per heavy atom. The van der Waals surface area contributed by atoms with Crippen molar-refractivity contribution in [2.24, 2.45) is 5.73 Å². The second-order valence-corrected chi connectivity index (χ2v) is 30.8. The molecule has 7 rings (SSSR count). The number of aromatic carboxylic acids is 1. The van der Waals surface area contributed by atoms with Crippen molar-refractivity contribution in [3.8, 4) is 11.5 Å². The van der Waals surface area contributed by atoms with E-state index >= 15 is 4.39 Å². The molecule has 0 saturated carbocycles. The summed E-state index contributed by atoms with van der Waals surface area (Å²) in [7, 11) is 0. The van der Waals surface area contributed by atoms with Crippen LogP contribution in [0.3, 0.4) is 0 Å². The highest BCUT2D eigenvalue weighted by atomic mass is 19.1. The summed E-state index contributed by atoms with van der Waals surface area (Å²) in [6.07, 6.45) is -5.20. The van der Waals surface area contributed by atoms with Gasteiger partial charge in [0.05, 0.1) is 43.2 Å². The van der Waals surface area contributed by atoms with Crippen LogP contribution < -0.4 is 95.1 Å². The summed E-state index contributed by atoms with van der Waals surface area (Å²) in [6, 6.07) is -7.69. The van der Waals surface area contributed by atoms with Gasteiger partial charge in [-0.2, -0.15) is 0 Å². The zero-order valence-corrected chi connectivity index (χ0v) is 70.3. The van der Waals surface area contributed by atoms with Gasteiger partial charge < -0.3 is 125 Å². The molecule has 26 N–H and O–H groups in total. The molecule has 696 valence electrons. The number of halogens is 1. The van der Waals surface area contributed by atoms with Crippen LogP contribution in [0.4, 0.5) is 21.6 Å². The number of aryl methyl sites for hydroxylation is 1. The summed E-state index contributed by atoms with van der Waals surface area (Å²) < 4.78 is 18.3. The first-order valence-electron chi connectivity index (χ1n) is 41.1. The molecule has 2 unspecified atom stereocenters. The lowest BCUT2D eigenvalue weighted by molar-refractivity contribution is -0.674. The normalized spacial score (nSPS) is 18.6. The van der Waals surface area contributed by atoms with Crippen molar-refractivity contribution in [2.45, 2.75) is 190 Å². The topological polar surface area (TPSA) is 712 Å². The fraction of sp³-hybridized carbons (Fsp3) is 0.551. The van der Waals surface area contributed by atoms with Gasteiger partial charge in [0, 0.05) is 127 Å². The molecule has 4 aromatic rings. The molecule has 2 aromatic carbocycles. The Morgan fingerprint density at radius 2 is 1.29 bits per heavy atom. The first-order valence-corrected chi connectivity index (χ1v) is 41.1. The van der Waals surface area contributed by atoms with Gasteiger partial charge in [0.2, 0.25) is 89.1 Å². The third-order valence-electron chi connectivity index (χ3n) is 21.3. The van der Waals surface area contributed by atoms with E-state index in [4.69, 9.17) is 11.1 Å². The number of hydroxylamine groups is 4. The number of rotatable bonds is 41. The highest BCUT2D eigenvalue weighted by molar-refractivity contribution is 6.02. The number of carbonyl (C=O) groups excluding carboxylic acids is 15. The van der Waals surface area contributed by atoms with Gasteiger partial charge in [0.1, 0.15) is 70.4 Å². The number of aromatic hydroxyl groups is 2. The van der Waals surface area contributed by atoms with Crippen molar-refractivity contribution in [3.63, 3.8) is 0 Å². The molecule has 0 radical (unpaired) electrons. The molecule has 2 fully saturated rings. The molecule has 0 aliphatic carbocycles. The number of carboxylic acid groups (broad SMARTS) is 1. The SMILES string of the molecule is CCn1cc(C(=O)O)c(=O)c2cc(F)c(N3CCN(C(=O)CCC(=O)NCCNC(=O)CCC(=O)Nc4cc5cc(O)c(O)cc5[n+]5c4NCC[C@H]5C(=O)N[C@H](CO)C(=O)N[C@@H](CCCNC(=N)N)C(=O)N[C@H](CO)C(=O)N[C@@](C)(CCCN(O)C=O)C(=O)N[C@H]4CCCCNC(=O)[C@@H](C(C)O)NC(=O)[C@@H](C(C)O)NC(=O)[C@H](CCCN(O)C=O)NC4=O)CC3)cc21. The number of aliphatic hydroxyl groups excluding tert-OH is 4. The largest absolute Gasteiger partial charge is 0.504 e. The first kappa shape index (κ1) is 101. The summed E-state index contributed by atoms with van der Waals surface area (Å²) >= 11 is 0. The zero-order valence-electron chi connectivity index (χ0n) is 70.3. The van der Waals surface area contributed by atoms with Crippen LogP contribution in [0.25, 0.3) is 21.8 Å². The van der Waals surface area contributed by atoms with E-state index in [2.05, 4.69) is 74.4 Å². The van der Waals surface area contributed by atoms with Crippen LogP contribution in [0.2, 0.25) is 0 Å². The predicted molar refractivity (Wildman–Crippen MR) is 444 cm³/mol. The number of nitrogens with one attached hydrogen (secondary N) is 15. The Hall–Kier alpha value is -13.3. The van der Waals surface area contributed by atoms with Crippen LogP contribution in [-0.4, -0.2) is 313 Å². The summed E-state index contributed by atoms with van der Waals surface area (Å²) in [5.41, 5.74) is 2.50. The number of pyridine rings is 2. The first-order chi connectivity index (χ1) is 60.3. The fourth-order valence-electron chi connectivity index (χ4n) is 14.3. The molecule has 11 atom stereocenters. The van der Waals surface area contributed by atoms with Gasteiger partial charge in [-0.25, -0.2) is 23.9 Å². The lowest BCUT2D eigenvalue weighted by Gasteiger charge is -2.36. The number of benzene rings is 2. The number of nitrogens with two attached hydrogens (primary N) is 1. The van der Waals surface area contributed by atoms with Crippen molar-refractivity contribution in [2.75, 3.05) is 101 Å². The van der Waals surface area contributed by atoms with Crippen molar-refractivity contribution in [3.05, 3.63) is 58.1 Å². The number of hydrogen-bond donors (Lipinski definition) is 25. The molecule has 0 bridgehead atoms. The summed E-state index contributed by atoms with van der Waals surface area (Å²) in [4.78, 5) is 231. The number of hydrogen-bond acceptors (Lipinski definition) is 28. The van der Waals surface area contributed by atoms with Gasteiger partial charge in [-0.05, 0) is 110 Å². The third kappa shape index (κ3) is 28.4. The smallest absolute Gasteiger partial charge is 0.341 e. The Morgan fingerprint density at radius 1 is 0.693 bits per heavy atom. The van der Waals surface area contributed by atoms with Crippen LogP contribution in [0.15, 0.2) is 41.3 Å². The number of carboxylic acids is 1. The summed E-state index contributed by atoms with van der Waals surface area (Å²) in [5, 5.41) is 137. The number of nitrogens with zero attached hydrogens (tertiary/aromatic N) is 6. The Balaban J connectivity index is 0.986. The highest BCUT2D eigenvalue weighted by Crippen LogP contribution is 2.36. The average molecular weight is 1790 g/mol. The average Bonchev–Trinajstić information content (AvgIpc) is 0.751. The van der Waals surface area contributed by atoms with Crippen molar-refractivity contribution in [1.82, 2.24) is 83.4 Å². The fourth-order valence-corrected chi connectivity index (χ4v) is 14.3. The maximum Gasteiger partial charge on any atom is 0.341 e. The predicted octanol–water partition coefficient (Wildman–Crippen LogP) is -7.02.